The van der Waals surface area contributed by atoms with E-state index in [4.69, 9.17) is 9.98 Å². The van der Waals surface area contributed by atoms with Crippen LogP contribution in [-0.2, 0) is 42.2 Å². The second-order valence-electron chi connectivity index (χ2n) is 11.5. The molecule has 0 atom stereocenters. The molecule has 2 aromatic rings. The molecule has 0 radical (unpaired) electrons. The van der Waals surface area contributed by atoms with E-state index in [9.17, 15) is 0 Å². The Kier molecular flexibility index (Phi) is 20.8. The van der Waals surface area contributed by atoms with Gasteiger partial charge in [-0.1, -0.05) is 118 Å². The van der Waals surface area contributed by atoms with Crippen molar-refractivity contribution < 1.29 is 16.5 Å². The summed E-state index contributed by atoms with van der Waals surface area (Å²) in [5, 5.41) is 0. The van der Waals surface area contributed by atoms with Crippen LogP contribution in [-0.4, -0.2) is 11.4 Å². The van der Waals surface area contributed by atoms with Crippen molar-refractivity contribution in [2.24, 2.45) is 9.98 Å². The van der Waals surface area contributed by atoms with Gasteiger partial charge in [0.05, 0.1) is 22.8 Å². The number of benzene rings is 2. The Morgan fingerprint density at radius 2 is 0.780 bits per heavy atom. The molecule has 2 rings (SSSR count). The van der Waals surface area contributed by atoms with Crippen molar-refractivity contribution in [3.63, 3.8) is 0 Å². The quantitative estimate of drug-likeness (QED) is 0.0770. The molecular weight excluding hydrogens is 543 g/mol. The number of hydrogen-bond acceptors (Lipinski definition) is 2. The zero-order chi connectivity index (χ0) is 29.0. The summed E-state index contributed by atoms with van der Waals surface area (Å²) in [5.41, 5.74) is 10.4. The molecule has 0 aliphatic heterocycles. The molecule has 3 heteroatoms. The normalized spacial score (nSPS) is 12.0. The third-order valence-corrected chi connectivity index (χ3v) is 8.30. The number of hydrogen-bond donors (Lipinski definition) is 0. The Bertz CT molecular complexity index is 953. The van der Waals surface area contributed by atoms with Crippen LogP contribution in [0.5, 0.6) is 0 Å². The minimum Gasteiger partial charge on any atom is -0.252 e. The van der Waals surface area contributed by atoms with Gasteiger partial charge in [0, 0.05) is 16.5 Å². The molecule has 0 unspecified atom stereocenters. The molecule has 0 spiro atoms. The molecule has 2 aromatic carbocycles. The Balaban J connectivity index is 0.00000840. The summed E-state index contributed by atoms with van der Waals surface area (Å²) in [6.45, 7) is 13.6. The monoisotopic (exact) mass is 602 g/mol. The summed E-state index contributed by atoms with van der Waals surface area (Å²) in [6, 6.07) is 13.7. The van der Waals surface area contributed by atoms with Crippen LogP contribution in [0.4, 0.5) is 11.4 Å². The fourth-order valence-electron chi connectivity index (χ4n) is 5.70. The van der Waals surface area contributed by atoms with E-state index >= 15 is 0 Å². The van der Waals surface area contributed by atoms with Crippen molar-refractivity contribution in [2.45, 2.75) is 157 Å². The number of rotatable bonds is 21. The minimum atomic E-state index is 0. The first-order valence-electron chi connectivity index (χ1n) is 17.0. The van der Waals surface area contributed by atoms with E-state index in [1.807, 2.05) is 0 Å². The van der Waals surface area contributed by atoms with Gasteiger partial charge >= 0.3 is 0 Å². The van der Waals surface area contributed by atoms with Crippen LogP contribution in [0.25, 0.3) is 0 Å². The van der Waals surface area contributed by atoms with Gasteiger partial charge in [-0.15, -0.1) is 0 Å². The molecule has 232 valence electrons. The van der Waals surface area contributed by atoms with E-state index in [1.54, 1.807) is 0 Å². The van der Waals surface area contributed by atoms with E-state index in [1.165, 1.54) is 111 Å². The van der Waals surface area contributed by atoms with Crippen LogP contribution in [0, 0.1) is 0 Å². The van der Waals surface area contributed by atoms with Crippen LogP contribution in [0.1, 0.15) is 154 Å². The fraction of sp³-hybridized carbons (Fsp3) is 0.632. The number of aliphatic imine (C=N–C) groups is 2. The van der Waals surface area contributed by atoms with Gasteiger partial charge in [-0.05, 0) is 97.9 Å². The van der Waals surface area contributed by atoms with Gasteiger partial charge in [0.15, 0.2) is 0 Å². The summed E-state index contributed by atoms with van der Waals surface area (Å²) in [6.07, 6.45) is 21.9. The molecule has 0 fully saturated rings. The van der Waals surface area contributed by atoms with E-state index in [0.29, 0.717) is 0 Å². The van der Waals surface area contributed by atoms with Gasteiger partial charge in [-0.2, -0.15) is 0 Å². The maximum Gasteiger partial charge on any atom is 0.0636 e. The first-order valence-corrected chi connectivity index (χ1v) is 17.0. The number of unbranched alkanes of at least 4 members (excludes halogenated alkanes) is 10. The van der Waals surface area contributed by atoms with Crippen LogP contribution in [0.2, 0.25) is 0 Å². The van der Waals surface area contributed by atoms with E-state index in [2.05, 4.69) is 77.9 Å². The Labute approximate surface area is 264 Å². The molecular formula is C38H60N2Ni. The molecule has 41 heavy (non-hydrogen) atoms. The van der Waals surface area contributed by atoms with Crippen molar-refractivity contribution in [1.82, 2.24) is 0 Å². The molecule has 0 aliphatic carbocycles. The van der Waals surface area contributed by atoms with Crippen molar-refractivity contribution in [3.8, 4) is 0 Å². The molecule has 0 heterocycles. The molecule has 0 saturated heterocycles. The molecule has 0 N–H and O–H groups in total. The maximum absolute atomic E-state index is 5.36. The predicted octanol–water partition coefficient (Wildman–Crippen LogP) is 12.3. The molecule has 0 saturated carbocycles. The van der Waals surface area contributed by atoms with Crippen molar-refractivity contribution in [2.75, 3.05) is 0 Å². The topological polar surface area (TPSA) is 24.7 Å². The second-order valence-corrected chi connectivity index (χ2v) is 11.5. The smallest absolute Gasteiger partial charge is 0.0636 e. The van der Waals surface area contributed by atoms with Gasteiger partial charge in [-0.25, -0.2) is 0 Å². The Hall–Kier alpha value is -1.73. The first kappa shape index (κ1) is 37.3. The van der Waals surface area contributed by atoms with Gasteiger partial charge in [0.2, 0.25) is 0 Å². The van der Waals surface area contributed by atoms with Crippen LogP contribution in [0.3, 0.4) is 0 Å². The van der Waals surface area contributed by atoms with Crippen LogP contribution >= 0.6 is 0 Å². The third-order valence-electron chi connectivity index (χ3n) is 8.30. The van der Waals surface area contributed by atoms with Crippen molar-refractivity contribution >= 4 is 22.8 Å². The van der Waals surface area contributed by atoms with Gasteiger partial charge in [0.1, 0.15) is 0 Å². The Morgan fingerprint density at radius 3 is 1.12 bits per heavy atom. The predicted molar refractivity (Wildman–Crippen MR) is 181 cm³/mol. The minimum absolute atomic E-state index is 0. The molecule has 0 bridgehead atoms. The van der Waals surface area contributed by atoms with E-state index < -0.39 is 0 Å². The van der Waals surface area contributed by atoms with Crippen LogP contribution in [0.15, 0.2) is 46.4 Å². The SMILES string of the molecule is CCCCCCCCC(=Nc1ccc(CC)c(CC)c1)C(CCCCCCCC)=Nc1ccc(CC)c(CC)c1.[Ni]. The van der Waals surface area contributed by atoms with Gasteiger partial charge < -0.3 is 0 Å². The van der Waals surface area contributed by atoms with Crippen molar-refractivity contribution in [3.05, 3.63) is 58.7 Å². The Morgan fingerprint density at radius 1 is 0.439 bits per heavy atom. The van der Waals surface area contributed by atoms with Crippen molar-refractivity contribution in [1.29, 1.82) is 0 Å². The van der Waals surface area contributed by atoms with Gasteiger partial charge in [0.25, 0.3) is 0 Å². The zero-order valence-corrected chi connectivity index (χ0v) is 28.4. The molecule has 0 amide bonds. The third kappa shape index (κ3) is 13.9. The van der Waals surface area contributed by atoms with Gasteiger partial charge in [-0.3, -0.25) is 9.98 Å². The largest absolute Gasteiger partial charge is 0.252 e. The average molecular weight is 604 g/mol. The molecule has 2 nitrogen and oxygen atoms in total. The average Bonchev–Trinajstić information content (AvgIpc) is 2.99. The maximum atomic E-state index is 5.36. The molecule has 0 aliphatic rings. The second kappa shape index (κ2) is 22.8. The number of aryl methyl sites for hydroxylation is 4. The zero-order valence-electron chi connectivity index (χ0n) is 27.4. The number of nitrogens with zero attached hydrogens (tertiary/aromatic N) is 2. The fourth-order valence-corrected chi connectivity index (χ4v) is 5.70. The standard InChI is InChI=1S/C38H60N2.Ni/c1-7-13-15-17-19-21-23-37(39-35-27-25-31(9-3)33(11-5)29-35)38(24-22-20-18-16-14-8-2)40-36-28-26-32(10-4)34(12-6)30-36;/h25-30H,7-24H2,1-6H3;. The first-order chi connectivity index (χ1) is 19.6. The summed E-state index contributed by atoms with van der Waals surface area (Å²) in [4.78, 5) is 10.7. The van der Waals surface area contributed by atoms with E-state index in [-0.39, 0.29) is 16.5 Å². The summed E-state index contributed by atoms with van der Waals surface area (Å²) in [7, 11) is 0. The summed E-state index contributed by atoms with van der Waals surface area (Å²) < 4.78 is 0. The summed E-state index contributed by atoms with van der Waals surface area (Å²) >= 11 is 0. The van der Waals surface area contributed by atoms with E-state index in [0.717, 1.165) is 49.9 Å². The molecule has 0 aromatic heterocycles. The van der Waals surface area contributed by atoms with Crippen LogP contribution < -0.4 is 0 Å². The summed E-state index contributed by atoms with van der Waals surface area (Å²) in [5.74, 6) is 0.